The van der Waals surface area contributed by atoms with Crippen molar-refractivity contribution in [3.8, 4) is 0 Å². The number of anilines is 2. The maximum atomic E-state index is 5.51. The van der Waals surface area contributed by atoms with E-state index in [1.807, 2.05) is 12.1 Å². The van der Waals surface area contributed by atoms with Crippen LogP contribution < -0.4 is 10.6 Å². The molecule has 0 aliphatic carbocycles. The van der Waals surface area contributed by atoms with Crippen LogP contribution in [0.15, 0.2) is 12.1 Å². The van der Waals surface area contributed by atoms with Crippen molar-refractivity contribution in [3.05, 3.63) is 12.1 Å². The molecule has 1 saturated heterocycles. The van der Waals surface area contributed by atoms with Gasteiger partial charge < -0.3 is 10.6 Å². The molecule has 15 heavy (non-hydrogen) atoms. The molecule has 2 rings (SSSR count). The molecular weight excluding hydrogens is 188 g/mol. The molecule has 1 aliphatic rings. The monoisotopic (exact) mass is 206 g/mol. The number of nitrogen functional groups attached to an aromatic ring is 1. The summed E-state index contributed by atoms with van der Waals surface area (Å²) in [5, 5.41) is 8.00. The lowest BCUT2D eigenvalue weighted by atomic mass is 9.89. The smallest absolute Gasteiger partial charge is 0.151 e. The summed E-state index contributed by atoms with van der Waals surface area (Å²) < 4.78 is 0. The molecule has 4 nitrogen and oxygen atoms in total. The largest absolute Gasteiger partial charge is 0.382 e. The van der Waals surface area contributed by atoms with Crippen LogP contribution >= 0.6 is 0 Å². The average Bonchev–Trinajstić information content (AvgIpc) is 2.23. The Labute approximate surface area is 90.5 Å². The second-order valence-electron chi connectivity index (χ2n) is 4.51. The molecule has 4 heteroatoms. The molecule has 1 aromatic heterocycles. The highest BCUT2D eigenvalue weighted by Crippen LogP contribution is 2.25. The highest BCUT2D eigenvalue weighted by atomic mass is 15.3. The minimum Gasteiger partial charge on any atom is -0.382 e. The van der Waals surface area contributed by atoms with Crippen LogP contribution in [0.4, 0.5) is 11.6 Å². The van der Waals surface area contributed by atoms with E-state index in [1.165, 1.54) is 6.42 Å². The van der Waals surface area contributed by atoms with Crippen LogP contribution in [0.3, 0.4) is 0 Å². The van der Waals surface area contributed by atoms with Crippen LogP contribution in [0.5, 0.6) is 0 Å². The van der Waals surface area contributed by atoms with E-state index in [2.05, 4.69) is 28.9 Å². The van der Waals surface area contributed by atoms with Gasteiger partial charge in [-0.15, -0.1) is 10.2 Å². The highest BCUT2D eigenvalue weighted by Gasteiger charge is 2.23. The lowest BCUT2D eigenvalue weighted by Gasteiger charge is -2.35. The summed E-state index contributed by atoms with van der Waals surface area (Å²) in [4.78, 5) is 2.29. The lowest BCUT2D eigenvalue weighted by Crippen LogP contribution is -2.38. The molecule has 0 spiro atoms. The number of aromatic nitrogens is 2. The zero-order chi connectivity index (χ0) is 10.8. The SMILES string of the molecule is CC1CCN(c2ccc(N)nn2)CC1C. The predicted molar refractivity (Wildman–Crippen MR) is 61.6 cm³/mol. The molecule has 2 unspecified atom stereocenters. The highest BCUT2D eigenvalue weighted by molar-refractivity contribution is 5.41. The van der Waals surface area contributed by atoms with Crippen molar-refractivity contribution < 1.29 is 0 Å². The van der Waals surface area contributed by atoms with Crippen molar-refractivity contribution >= 4 is 11.6 Å². The fourth-order valence-electron chi connectivity index (χ4n) is 1.98. The molecule has 0 bridgehead atoms. The van der Waals surface area contributed by atoms with E-state index in [0.29, 0.717) is 5.82 Å². The zero-order valence-electron chi connectivity index (χ0n) is 9.35. The Morgan fingerprint density at radius 3 is 2.67 bits per heavy atom. The molecule has 1 fully saturated rings. The summed E-state index contributed by atoms with van der Waals surface area (Å²) in [5.41, 5.74) is 5.51. The third-order valence-corrected chi connectivity index (χ3v) is 3.33. The Morgan fingerprint density at radius 2 is 2.07 bits per heavy atom. The Hall–Kier alpha value is -1.32. The van der Waals surface area contributed by atoms with Gasteiger partial charge >= 0.3 is 0 Å². The number of piperidine rings is 1. The molecule has 82 valence electrons. The maximum absolute atomic E-state index is 5.51. The van der Waals surface area contributed by atoms with Gasteiger partial charge in [0.05, 0.1) is 0 Å². The van der Waals surface area contributed by atoms with E-state index in [1.54, 1.807) is 0 Å². The number of rotatable bonds is 1. The first-order valence-corrected chi connectivity index (χ1v) is 5.51. The second-order valence-corrected chi connectivity index (χ2v) is 4.51. The van der Waals surface area contributed by atoms with E-state index >= 15 is 0 Å². The van der Waals surface area contributed by atoms with Gasteiger partial charge in [0.25, 0.3) is 0 Å². The topological polar surface area (TPSA) is 55.0 Å². The minimum absolute atomic E-state index is 0.483. The molecule has 0 saturated carbocycles. The van der Waals surface area contributed by atoms with Crippen LogP contribution in [-0.2, 0) is 0 Å². The predicted octanol–water partition coefficient (Wildman–Crippen LogP) is 1.54. The van der Waals surface area contributed by atoms with E-state index in [-0.39, 0.29) is 0 Å². The van der Waals surface area contributed by atoms with Crippen molar-refractivity contribution in [2.45, 2.75) is 20.3 Å². The van der Waals surface area contributed by atoms with E-state index < -0.39 is 0 Å². The van der Waals surface area contributed by atoms with Crippen LogP contribution in [-0.4, -0.2) is 23.3 Å². The Balaban J connectivity index is 2.08. The first-order chi connectivity index (χ1) is 7.16. The maximum Gasteiger partial charge on any atom is 0.151 e. The van der Waals surface area contributed by atoms with Crippen molar-refractivity contribution in [2.24, 2.45) is 11.8 Å². The summed E-state index contributed by atoms with van der Waals surface area (Å²) in [6.45, 7) is 6.75. The van der Waals surface area contributed by atoms with E-state index in [9.17, 15) is 0 Å². The standard InChI is InChI=1S/C11H18N4/c1-8-5-6-15(7-9(8)2)11-4-3-10(12)13-14-11/h3-4,8-9H,5-7H2,1-2H3,(H2,12,13). The molecule has 1 aromatic rings. The van der Waals surface area contributed by atoms with Gasteiger partial charge in [-0.25, -0.2) is 0 Å². The van der Waals surface area contributed by atoms with Gasteiger partial charge in [0.15, 0.2) is 5.82 Å². The van der Waals surface area contributed by atoms with Crippen LogP contribution in [0.2, 0.25) is 0 Å². The Morgan fingerprint density at radius 1 is 1.27 bits per heavy atom. The van der Waals surface area contributed by atoms with Crippen molar-refractivity contribution in [3.63, 3.8) is 0 Å². The van der Waals surface area contributed by atoms with Crippen molar-refractivity contribution in [2.75, 3.05) is 23.7 Å². The molecule has 2 N–H and O–H groups in total. The number of nitrogens with zero attached hydrogens (tertiary/aromatic N) is 3. The van der Waals surface area contributed by atoms with Gasteiger partial charge in [-0.2, -0.15) is 0 Å². The fraction of sp³-hybridized carbons (Fsp3) is 0.636. The normalized spacial score (nSPS) is 26.7. The summed E-state index contributed by atoms with van der Waals surface area (Å²) in [5.74, 6) is 2.96. The first-order valence-electron chi connectivity index (χ1n) is 5.51. The molecule has 1 aliphatic heterocycles. The van der Waals surface area contributed by atoms with Crippen LogP contribution in [0, 0.1) is 11.8 Å². The zero-order valence-corrected chi connectivity index (χ0v) is 9.35. The number of hydrogen-bond acceptors (Lipinski definition) is 4. The minimum atomic E-state index is 0.483. The number of nitrogens with two attached hydrogens (primary N) is 1. The van der Waals surface area contributed by atoms with Gasteiger partial charge in [0.2, 0.25) is 0 Å². The summed E-state index contributed by atoms with van der Waals surface area (Å²) in [7, 11) is 0. The van der Waals surface area contributed by atoms with Crippen LogP contribution in [0.1, 0.15) is 20.3 Å². The molecular formula is C11H18N4. The third kappa shape index (κ3) is 2.19. The second kappa shape index (κ2) is 4.04. The van der Waals surface area contributed by atoms with Gasteiger partial charge in [-0.3, -0.25) is 0 Å². The lowest BCUT2D eigenvalue weighted by molar-refractivity contribution is 0.322. The third-order valence-electron chi connectivity index (χ3n) is 3.33. The molecule has 0 amide bonds. The van der Waals surface area contributed by atoms with Gasteiger partial charge in [-0.1, -0.05) is 13.8 Å². The summed E-state index contributed by atoms with van der Waals surface area (Å²) in [6, 6.07) is 3.76. The molecule has 2 atom stereocenters. The Bertz CT molecular complexity index is 322. The first kappa shape index (κ1) is 10.2. The number of hydrogen-bond donors (Lipinski definition) is 1. The molecule has 2 heterocycles. The summed E-state index contributed by atoms with van der Waals surface area (Å²) >= 11 is 0. The summed E-state index contributed by atoms with van der Waals surface area (Å²) in [6.07, 6.45) is 1.23. The average molecular weight is 206 g/mol. The molecule has 0 radical (unpaired) electrons. The van der Waals surface area contributed by atoms with Crippen molar-refractivity contribution in [1.29, 1.82) is 0 Å². The van der Waals surface area contributed by atoms with Crippen molar-refractivity contribution in [1.82, 2.24) is 10.2 Å². The van der Waals surface area contributed by atoms with E-state index in [4.69, 9.17) is 5.73 Å². The van der Waals surface area contributed by atoms with Gasteiger partial charge in [-0.05, 0) is 30.4 Å². The van der Waals surface area contributed by atoms with E-state index in [0.717, 1.165) is 30.7 Å². The van der Waals surface area contributed by atoms with Gasteiger partial charge in [0.1, 0.15) is 5.82 Å². The molecule has 0 aromatic carbocycles. The van der Waals surface area contributed by atoms with Gasteiger partial charge in [0, 0.05) is 13.1 Å². The fourth-order valence-corrected chi connectivity index (χ4v) is 1.98. The quantitative estimate of drug-likeness (QED) is 0.757. The van der Waals surface area contributed by atoms with Crippen LogP contribution in [0.25, 0.3) is 0 Å². The Kier molecular flexibility index (Phi) is 2.75.